The predicted molar refractivity (Wildman–Crippen MR) is 58.1 cm³/mol. The van der Waals surface area contributed by atoms with Crippen molar-refractivity contribution in [2.24, 2.45) is 5.92 Å². The summed E-state index contributed by atoms with van der Waals surface area (Å²) in [5, 5.41) is 8.05. The highest BCUT2D eigenvalue weighted by atomic mass is 16.5. The molecule has 0 radical (unpaired) electrons. The number of benzene rings is 1. The second-order valence-electron chi connectivity index (χ2n) is 3.47. The van der Waals surface area contributed by atoms with Gasteiger partial charge in [0, 0.05) is 0 Å². The fraction of sp³-hybridized carbons (Fsp3) is 0.333. The molecule has 0 unspecified atom stereocenters. The van der Waals surface area contributed by atoms with Gasteiger partial charge in [-0.1, -0.05) is 18.2 Å². The molecule has 0 saturated heterocycles. The lowest BCUT2D eigenvalue weighted by molar-refractivity contribution is -0.138. The number of rotatable bonds is 2. The third-order valence-corrected chi connectivity index (χ3v) is 2.12. The Hall–Kier alpha value is -1.84. The van der Waals surface area contributed by atoms with Gasteiger partial charge in [-0.2, -0.15) is 0 Å². The SMILES string of the molecule is COC(=O)c1ccccc1.O=C(O)C1CC1. The number of carboxylic acids is 1. The van der Waals surface area contributed by atoms with Crippen molar-refractivity contribution in [1.29, 1.82) is 0 Å². The number of hydrogen-bond donors (Lipinski definition) is 1. The van der Waals surface area contributed by atoms with Crippen LogP contribution in [0.3, 0.4) is 0 Å². The maximum Gasteiger partial charge on any atom is 0.337 e. The maximum atomic E-state index is 10.8. The summed E-state index contributed by atoms with van der Waals surface area (Å²) in [5.74, 6) is -0.902. The van der Waals surface area contributed by atoms with Crippen molar-refractivity contribution >= 4 is 11.9 Å². The summed E-state index contributed by atoms with van der Waals surface area (Å²) in [6.45, 7) is 0. The lowest BCUT2D eigenvalue weighted by Gasteiger charge is -1.95. The lowest BCUT2D eigenvalue weighted by Crippen LogP contribution is -1.99. The Morgan fingerprint density at radius 3 is 2.12 bits per heavy atom. The Morgan fingerprint density at radius 1 is 1.25 bits per heavy atom. The molecule has 2 rings (SSSR count). The van der Waals surface area contributed by atoms with Crippen LogP contribution in [0.5, 0.6) is 0 Å². The van der Waals surface area contributed by atoms with E-state index in [1.807, 2.05) is 6.07 Å². The summed E-state index contributed by atoms with van der Waals surface area (Å²) < 4.78 is 4.50. The molecule has 0 aliphatic heterocycles. The lowest BCUT2D eigenvalue weighted by atomic mass is 10.2. The van der Waals surface area contributed by atoms with Crippen LogP contribution < -0.4 is 0 Å². The third kappa shape index (κ3) is 4.13. The minimum Gasteiger partial charge on any atom is -0.481 e. The summed E-state index contributed by atoms with van der Waals surface area (Å²) in [6.07, 6.45) is 1.80. The molecule has 86 valence electrons. The largest absolute Gasteiger partial charge is 0.481 e. The number of hydrogen-bond acceptors (Lipinski definition) is 3. The van der Waals surface area contributed by atoms with Crippen molar-refractivity contribution < 1.29 is 19.4 Å². The van der Waals surface area contributed by atoms with Crippen LogP contribution >= 0.6 is 0 Å². The van der Waals surface area contributed by atoms with E-state index in [4.69, 9.17) is 5.11 Å². The zero-order valence-corrected chi connectivity index (χ0v) is 9.05. The maximum absolute atomic E-state index is 10.8. The number of ether oxygens (including phenoxy) is 1. The van der Waals surface area contributed by atoms with Gasteiger partial charge in [-0.05, 0) is 25.0 Å². The van der Waals surface area contributed by atoms with Gasteiger partial charge in [-0.25, -0.2) is 4.79 Å². The number of carboxylic acid groups (broad SMARTS) is 1. The fourth-order valence-corrected chi connectivity index (χ4v) is 1.02. The highest BCUT2D eigenvalue weighted by Crippen LogP contribution is 2.28. The van der Waals surface area contributed by atoms with Gasteiger partial charge in [0.2, 0.25) is 0 Å². The topological polar surface area (TPSA) is 63.6 Å². The standard InChI is InChI=1S/C8H8O2.C4H6O2/c1-10-8(9)7-5-3-2-4-6-7;5-4(6)3-1-2-3/h2-6H,1H3;3H,1-2H2,(H,5,6). The van der Waals surface area contributed by atoms with E-state index in [0.717, 1.165) is 12.8 Å². The number of methoxy groups -OCH3 is 1. The first-order valence-corrected chi connectivity index (χ1v) is 5.01. The van der Waals surface area contributed by atoms with E-state index < -0.39 is 5.97 Å². The molecule has 16 heavy (non-hydrogen) atoms. The second kappa shape index (κ2) is 5.90. The molecule has 1 aliphatic rings. The van der Waals surface area contributed by atoms with Crippen LogP contribution in [0.2, 0.25) is 0 Å². The van der Waals surface area contributed by atoms with E-state index in [0.29, 0.717) is 5.56 Å². The number of carbonyl (C=O) groups is 2. The first-order chi connectivity index (χ1) is 7.65. The summed E-state index contributed by atoms with van der Waals surface area (Å²) in [5.41, 5.74) is 0.588. The minimum atomic E-state index is -0.630. The number of esters is 1. The van der Waals surface area contributed by atoms with Crippen molar-refractivity contribution in [1.82, 2.24) is 0 Å². The van der Waals surface area contributed by atoms with Gasteiger partial charge < -0.3 is 9.84 Å². The smallest absolute Gasteiger partial charge is 0.337 e. The van der Waals surface area contributed by atoms with Gasteiger partial charge in [0.25, 0.3) is 0 Å². The average Bonchev–Trinajstić information content (AvgIpc) is 3.14. The quantitative estimate of drug-likeness (QED) is 0.777. The summed E-state index contributed by atoms with van der Waals surface area (Å²) in [6, 6.07) is 8.88. The molecule has 0 atom stereocenters. The van der Waals surface area contributed by atoms with Gasteiger partial charge in [0.05, 0.1) is 18.6 Å². The van der Waals surface area contributed by atoms with Crippen molar-refractivity contribution in [3.63, 3.8) is 0 Å². The van der Waals surface area contributed by atoms with E-state index in [1.165, 1.54) is 7.11 Å². The van der Waals surface area contributed by atoms with Crippen LogP contribution in [0, 0.1) is 5.92 Å². The van der Waals surface area contributed by atoms with Gasteiger partial charge in [0.15, 0.2) is 0 Å². The molecule has 4 nitrogen and oxygen atoms in total. The van der Waals surface area contributed by atoms with E-state index in [9.17, 15) is 9.59 Å². The van der Waals surface area contributed by atoms with Crippen LogP contribution in [-0.4, -0.2) is 24.2 Å². The Labute approximate surface area is 93.9 Å². The van der Waals surface area contributed by atoms with E-state index in [1.54, 1.807) is 24.3 Å². The molecule has 0 bridgehead atoms. The molecule has 0 spiro atoms. The Kier molecular flexibility index (Phi) is 4.51. The van der Waals surface area contributed by atoms with Gasteiger partial charge >= 0.3 is 11.9 Å². The summed E-state index contributed by atoms with van der Waals surface area (Å²) in [4.78, 5) is 20.6. The molecule has 0 heterocycles. The van der Waals surface area contributed by atoms with Crippen LogP contribution in [0.25, 0.3) is 0 Å². The van der Waals surface area contributed by atoms with Crippen LogP contribution in [0.15, 0.2) is 30.3 Å². The van der Waals surface area contributed by atoms with Crippen LogP contribution in [-0.2, 0) is 9.53 Å². The highest BCUT2D eigenvalue weighted by Gasteiger charge is 2.28. The van der Waals surface area contributed by atoms with Crippen molar-refractivity contribution in [2.45, 2.75) is 12.8 Å². The third-order valence-electron chi connectivity index (χ3n) is 2.12. The average molecular weight is 222 g/mol. The number of aliphatic carboxylic acids is 1. The first-order valence-electron chi connectivity index (χ1n) is 5.01. The Morgan fingerprint density at radius 2 is 1.81 bits per heavy atom. The molecule has 1 aliphatic carbocycles. The van der Waals surface area contributed by atoms with Crippen LogP contribution in [0.4, 0.5) is 0 Å². The predicted octanol–water partition coefficient (Wildman–Crippen LogP) is 1.95. The van der Waals surface area contributed by atoms with E-state index in [-0.39, 0.29) is 11.9 Å². The molecular weight excluding hydrogens is 208 g/mol. The van der Waals surface area contributed by atoms with Crippen molar-refractivity contribution in [2.75, 3.05) is 7.11 Å². The molecule has 0 amide bonds. The van der Waals surface area contributed by atoms with Gasteiger partial charge in [-0.3, -0.25) is 4.79 Å². The zero-order chi connectivity index (χ0) is 12.0. The normalized spacial score (nSPS) is 13.3. The molecule has 1 aromatic carbocycles. The second-order valence-corrected chi connectivity index (χ2v) is 3.47. The monoisotopic (exact) mass is 222 g/mol. The Balaban J connectivity index is 0.000000181. The Bertz CT molecular complexity index is 355. The molecule has 0 aromatic heterocycles. The van der Waals surface area contributed by atoms with E-state index in [2.05, 4.69) is 4.74 Å². The van der Waals surface area contributed by atoms with Gasteiger partial charge in [-0.15, -0.1) is 0 Å². The summed E-state index contributed by atoms with van der Waals surface area (Å²) in [7, 11) is 1.37. The first kappa shape index (κ1) is 12.2. The highest BCUT2D eigenvalue weighted by molar-refractivity contribution is 5.89. The molecule has 4 heteroatoms. The molecule has 1 N–H and O–H groups in total. The van der Waals surface area contributed by atoms with Crippen molar-refractivity contribution in [3.8, 4) is 0 Å². The van der Waals surface area contributed by atoms with E-state index >= 15 is 0 Å². The summed E-state index contributed by atoms with van der Waals surface area (Å²) >= 11 is 0. The molecule has 1 saturated carbocycles. The van der Waals surface area contributed by atoms with Crippen LogP contribution in [0.1, 0.15) is 23.2 Å². The zero-order valence-electron chi connectivity index (χ0n) is 9.05. The molecular formula is C12H14O4. The van der Waals surface area contributed by atoms with Gasteiger partial charge in [0.1, 0.15) is 0 Å². The van der Waals surface area contributed by atoms with Crippen molar-refractivity contribution in [3.05, 3.63) is 35.9 Å². The minimum absolute atomic E-state index is 0.0185. The number of carbonyl (C=O) groups excluding carboxylic acids is 1. The molecule has 1 aromatic rings. The fourth-order valence-electron chi connectivity index (χ4n) is 1.02. The molecule has 1 fully saturated rings.